The molecule has 13 heavy (non-hydrogen) atoms. The zero-order valence-corrected chi connectivity index (χ0v) is 7.53. The molecule has 0 radical (unpaired) electrons. The Bertz CT molecular complexity index is 496. The quantitative estimate of drug-likeness (QED) is 0.682. The van der Waals surface area contributed by atoms with E-state index in [0.717, 1.165) is 0 Å². The molecule has 2 heterocycles. The third kappa shape index (κ3) is 1.12. The van der Waals surface area contributed by atoms with Gasteiger partial charge in [-0.2, -0.15) is 5.10 Å². The number of nitrogens with zero attached hydrogens (tertiary/aromatic N) is 3. The maximum atomic E-state index is 11.5. The molecule has 0 fully saturated rings. The third-order valence-electron chi connectivity index (χ3n) is 1.91. The van der Waals surface area contributed by atoms with Gasteiger partial charge < -0.3 is 0 Å². The summed E-state index contributed by atoms with van der Waals surface area (Å²) in [7, 11) is 0. The van der Waals surface area contributed by atoms with Gasteiger partial charge in [0.15, 0.2) is 0 Å². The second-order valence-electron chi connectivity index (χ2n) is 2.89. The number of hydrogen-bond donors (Lipinski definition) is 1. The summed E-state index contributed by atoms with van der Waals surface area (Å²) in [5, 5.41) is 6.71. The molecule has 2 aromatic heterocycles. The van der Waals surface area contributed by atoms with Gasteiger partial charge >= 0.3 is 0 Å². The van der Waals surface area contributed by atoms with Crippen molar-refractivity contribution < 1.29 is 0 Å². The van der Waals surface area contributed by atoms with Crippen LogP contribution < -0.4 is 5.56 Å². The number of aromatic amines is 1. The summed E-state index contributed by atoms with van der Waals surface area (Å²) < 4.78 is 1.49. The van der Waals surface area contributed by atoms with Crippen molar-refractivity contribution in [3.63, 3.8) is 0 Å². The highest BCUT2D eigenvalue weighted by Gasteiger charge is 2.05. The lowest BCUT2D eigenvalue weighted by atomic mass is 10.4. The highest BCUT2D eigenvalue weighted by molar-refractivity contribution is 5.28. The summed E-state index contributed by atoms with van der Waals surface area (Å²) in [4.78, 5) is 15.7. The SMILES string of the molecule is CCc1n[nH]c2nc(C)cc(=O)n12. The molecule has 5 heteroatoms. The van der Waals surface area contributed by atoms with E-state index >= 15 is 0 Å². The van der Waals surface area contributed by atoms with Crippen molar-refractivity contribution >= 4 is 5.78 Å². The standard InChI is InChI=1S/C8H10N4O/c1-3-6-10-11-8-9-5(2)4-7(13)12(6)8/h4H,3H2,1-2H3,(H,9,11). The number of hydrogen-bond acceptors (Lipinski definition) is 3. The Morgan fingerprint density at radius 3 is 3.08 bits per heavy atom. The molecule has 0 bridgehead atoms. The maximum absolute atomic E-state index is 11.5. The Balaban J connectivity index is 2.90. The highest BCUT2D eigenvalue weighted by atomic mass is 16.1. The zero-order valence-electron chi connectivity index (χ0n) is 7.53. The minimum absolute atomic E-state index is 0.0758. The van der Waals surface area contributed by atoms with Crippen LogP contribution in [0.2, 0.25) is 0 Å². The van der Waals surface area contributed by atoms with Gasteiger partial charge in [0, 0.05) is 18.2 Å². The molecule has 0 spiro atoms. The lowest BCUT2D eigenvalue weighted by Crippen LogP contribution is -2.15. The van der Waals surface area contributed by atoms with Crippen LogP contribution in [0.4, 0.5) is 0 Å². The van der Waals surface area contributed by atoms with Gasteiger partial charge in [-0.15, -0.1) is 0 Å². The molecular weight excluding hydrogens is 168 g/mol. The Kier molecular flexibility index (Phi) is 1.65. The summed E-state index contributed by atoms with van der Waals surface area (Å²) in [6.07, 6.45) is 0.713. The summed E-state index contributed by atoms with van der Waals surface area (Å²) in [6.45, 7) is 3.73. The van der Waals surface area contributed by atoms with Crippen molar-refractivity contribution in [2.45, 2.75) is 20.3 Å². The van der Waals surface area contributed by atoms with E-state index in [1.165, 1.54) is 10.5 Å². The summed E-state index contributed by atoms with van der Waals surface area (Å²) in [5.41, 5.74) is 0.629. The fraction of sp³-hybridized carbons (Fsp3) is 0.375. The molecular formula is C8H10N4O. The largest absolute Gasteiger partial charge is 0.269 e. The number of aryl methyl sites for hydroxylation is 2. The molecule has 2 aromatic rings. The van der Waals surface area contributed by atoms with Crippen molar-refractivity contribution in [1.29, 1.82) is 0 Å². The minimum atomic E-state index is -0.0758. The van der Waals surface area contributed by atoms with E-state index in [9.17, 15) is 4.79 Å². The molecule has 0 amide bonds. The second kappa shape index (κ2) is 2.69. The predicted molar refractivity (Wildman–Crippen MR) is 47.7 cm³/mol. The molecule has 1 N–H and O–H groups in total. The van der Waals surface area contributed by atoms with Crippen LogP contribution in [0.3, 0.4) is 0 Å². The second-order valence-corrected chi connectivity index (χ2v) is 2.89. The Labute approximate surface area is 74.4 Å². The number of rotatable bonds is 1. The van der Waals surface area contributed by atoms with Crippen LogP contribution >= 0.6 is 0 Å². The van der Waals surface area contributed by atoms with Crippen molar-refractivity contribution in [3.05, 3.63) is 27.9 Å². The first-order chi connectivity index (χ1) is 6.22. The van der Waals surface area contributed by atoms with Gasteiger partial charge in [-0.25, -0.2) is 14.5 Å². The average molecular weight is 178 g/mol. The molecule has 68 valence electrons. The lowest BCUT2D eigenvalue weighted by Gasteiger charge is -1.94. The Morgan fingerprint density at radius 1 is 1.62 bits per heavy atom. The highest BCUT2D eigenvalue weighted by Crippen LogP contribution is 1.98. The summed E-state index contributed by atoms with van der Waals surface area (Å²) >= 11 is 0. The van der Waals surface area contributed by atoms with Gasteiger partial charge in [0.1, 0.15) is 5.82 Å². The Morgan fingerprint density at radius 2 is 2.38 bits per heavy atom. The number of aromatic nitrogens is 4. The van der Waals surface area contributed by atoms with Crippen LogP contribution in [-0.2, 0) is 6.42 Å². The van der Waals surface area contributed by atoms with E-state index in [-0.39, 0.29) is 5.56 Å². The van der Waals surface area contributed by atoms with E-state index in [0.29, 0.717) is 23.7 Å². The van der Waals surface area contributed by atoms with Gasteiger partial charge in [0.05, 0.1) is 0 Å². The third-order valence-corrected chi connectivity index (χ3v) is 1.91. The molecule has 0 aliphatic rings. The maximum Gasteiger partial charge on any atom is 0.260 e. The van der Waals surface area contributed by atoms with E-state index in [1.54, 1.807) is 6.92 Å². The van der Waals surface area contributed by atoms with E-state index in [2.05, 4.69) is 15.2 Å². The van der Waals surface area contributed by atoms with Gasteiger partial charge in [-0.05, 0) is 6.92 Å². The Hall–Kier alpha value is -1.65. The fourth-order valence-corrected chi connectivity index (χ4v) is 1.32. The predicted octanol–water partition coefficient (Wildman–Crippen LogP) is 0.288. The van der Waals surface area contributed by atoms with E-state index < -0.39 is 0 Å². The van der Waals surface area contributed by atoms with Crippen LogP contribution in [0, 0.1) is 6.92 Å². The smallest absolute Gasteiger partial charge is 0.260 e. The summed E-state index contributed by atoms with van der Waals surface area (Å²) in [6, 6.07) is 1.50. The molecule has 0 atom stereocenters. The van der Waals surface area contributed by atoms with Gasteiger partial charge in [-0.1, -0.05) is 6.92 Å². The molecule has 0 aliphatic heterocycles. The molecule has 0 saturated heterocycles. The lowest BCUT2D eigenvalue weighted by molar-refractivity contribution is 0.887. The first-order valence-corrected chi connectivity index (χ1v) is 4.16. The number of H-pyrrole nitrogens is 1. The molecule has 2 rings (SSSR count). The van der Waals surface area contributed by atoms with E-state index in [1.807, 2.05) is 6.92 Å². The van der Waals surface area contributed by atoms with Crippen molar-refractivity contribution in [2.75, 3.05) is 0 Å². The summed E-state index contributed by atoms with van der Waals surface area (Å²) in [5.74, 6) is 1.23. The number of nitrogens with one attached hydrogen (secondary N) is 1. The van der Waals surface area contributed by atoms with Gasteiger partial charge in [0.25, 0.3) is 5.56 Å². The number of fused-ring (bicyclic) bond motifs is 1. The normalized spacial score (nSPS) is 10.9. The van der Waals surface area contributed by atoms with Gasteiger partial charge in [-0.3, -0.25) is 4.79 Å². The van der Waals surface area contributed by atoms with Crippen LogP contribution in [0.1, 0.15) is 18.4 Å². The van der Waals surface area contributed by atoms with Crippen LogP contribution in [0.5, 0.6) is 0 Å². The topological polar surface area (TPSA) is 63.0 Å². The van der Waals surface area contributed by atoms with Gasteiger partial charge in [0.2, 0.25) is 5.78 Å². The monoisotopic (exact) mass is 178 g/mol. The van der Waals surface area contributed by atoms with E-state index in [4.69, 9.17) is 0 Å². The van der Waals surface area contributed by atoms with Crippen LogP contribution in [0.15, 0.2) is 10.9 Å². The molecule has 5 nitrogen and oxygen atoms in total. The van der Waals surface area contributed by atoms with Crippen molar-refractivity contribution in [1.82, 2.24) is 19.6 Å². The first-order valence-electron chi connectivity index (χ1n) is 4.16. The van der Waals surface area contributed by atoms with Crippen molar-refractivity contribution in [2.24, 2.45) is 0 Å². The molecule has 0 aromatic carbocycles. The molecule has 0 unspecified atom stereocenters. The van der Waals surface area contributed by atoms with Crippen LogP contribution in [0.25, 0.3) is 5.78 Å². The average Bonchev–Trinajstić information content (AvgIpc) is 2.47. The molecule has 0 aliphatic carbocycles. The minimum Gasteiger partial charge on any atom is -0.269 e. The molecule has 0 saturated carbocycles. The van der Waals surface area contributed by atoms with Crippen LogP contribution in [-0.4, -0.2) is 19.6 Å². The first kappa shape index (κ1) is 7.97. The van der Waals surface area contributed by atoms with Crippen molar-refractivity contribution in [3.8, 4) is 0 Å². The zero-order chi connectivity index (χ0) is 9.42. The fourth-order valence-electron chi connectivity index (χ4n) is 1.32.